The SMILES string of the molecule is NC(=O)C[C@@H](NC(=O)CC1CSCCN1)c1cccc(Cl)c1. The zero-order valence-corrected chi connectivity index (χ0v) is 13.8. The summed E-state index contributed by atoms with van der Waals surface area (Å²) in [6.07, 6.45) is 0.446. The second kappa shape index (κ2) is 8.41. The van der Waals surface area contributed by atoms with Crippen LogP contribution in [0.2, 0.25) is 5.02 Å². The molecule has 4 N–H and O–H groups in total. The molecule has 1 unspecified atom stereocenters. The van der Waals surface area contributed by atoms with E-state index in [2.05, 4.69) is 10.6 Å². The van der Waals surface area contributed by atoms with Crippen LogP contribution >= 0.6 is 23.4 Å². The number of thioether (sulfide) groups is 1. The first-order chi connectivity index (χ1) is 10.5. The molecule has 1 aliphatic heterocycles. The molecule has 1 saturated heterocycles. The van der Waals surface area contributed by atoms with Crippen molar-refractivity contribution in [3.05, 3.63) is 34.9 Å². The van der Waals surface area contributed by atoms with Crippen molar-refractivity contribution in [1.29, 1.82) is 0 Å². The molecule has 1 fully saturated rings. The third-order valence-electron chi connectivity index (χ3n) is 3.42. The van der Waals surface area contributed by atoms with E-state index < -0.39 is 11.9 Å². The van der Waals surface area contributed by atoms with Crippen molar-refractivity contribution in [2.24, 2.45) is 5.73 Å². The minimum Gasteiger partial charge on any atom is -0.370 e. The molecule has 0 radical (unpaired) electrons. The van der Waals surface area contributed by atoms with E-state index in [-0.39, 0.29) is 18.4 Å². The Morgan fingerprint density at radius 3 is 2.95 bits per heavy atom. The molecule has 0 bridgehead atoms. The van der Waals surface area contributed by atoms with E-state index in [4.69, 9.17) is 17.3 Å². The summed E-state index contributed by atoms with van der Waals surface area (Å²) in [5.41, 5.74) is 6.07. The Morgan fingerprint density at radius 1 is 1.50 bits per heavy atom. The normalized spacial score (nSPS) is 19.4. The van der Waals surface area contributed by atoms with Crippen molar-refractivity contribution < 1.29 is 9.59 Å². The van der Waals surface area contributed by atoms with Gasteiger partial charge >= 0.3 is 0 Å². The lowest BCUT2D eigenvalue weighted by atomic mass is 10.0. The van der Waals surface area contributed by atoms with Crippen LogP contribution in [-0.4, -0.2) is 35.9 Å². The minimum atomic E-state index is -0.461. The van der Waals surface area contributed by atoms with Gasteiger partial charge in [0, 0.05) is 35.5 Å². The fraction of sp³-hybridized carbons (Fsp3) is 0.467. The van der Waals surface area contributed by atoms with Crippen molar-refractivity contribution in [2.75, 3.05) is 18.1 Å². The van der Waals surface area contributed by atoms with Gasteiger partial charge in [0.15, 0.2) is 0 Å². The number of nitrogens with two attached hydrogens (primary N) is 1. The first-order valence-corrected chi connectivity index (χ1v) is 8.72. The van der Waals surface area contributed by atoms with Gasteiger partial charge in [-0.1, -0.05) is 23.7 Å². The molecule has 1 aliphatic rings. The Labute approximate surface area is 139 Å². The predicted molar refractivity (Wildman–Crippen MR) is 89.9 cm³/mol. The number of hydrogen-bond acceptors (Lipinski definition) is 4. The molecule has 0 spiro atoms. The second-order valence-electron chi connectivity index (χ2n) is 5.28. The highest BCUT2D eigenvalue weighted by Crippen LogP contribution is 2.21. The van der Waals surface area contributed by atoms with Crippen molar-refractivity contribution >= 4 is 35.2 Å². The Hall–Kier alpha value is -1.24. The Bertz CT molecular complexity index is 535. The highest BCUT2D eigenvalue weighted by atomic mass is 35.5. The number of carbonyl (C=O) groups is 2. The fourth-order valence-electron chi connectivity index (χ4n) is 2.40. The van der Waals surface area contributed by atoms with Gasteiger partial charge in [-0.15, -0.1) is 0 Å². The second-order valence-corrected chi connectivity index (χ2v) is 6.86. The van der Waals surface area contributed by atoms with Gasteiger partial charge in [0.25, 0.3) is 0 Å². The molecule has 1 aromatic rings. The molecule has 7 heteroatoms. The highest BCUT2D eigenvalue weighted by Gasteiger charge is 2.21. The van der Waals surface area contributed by atoms with Crippen LogP contribution in [0.15, 0.2) is 24.3 Å². The maximum atomic E-state index is 12.2. The monoisotopic (exact) mass is 341 g/mol. The number of halogens is 1. The quantitative estimate of drug-likeness (QED) is 0.731. The van der Waals surface area contributed by atoms with Gasteiger partial charge in [0.2, 0.25) is 11.8 Å². The van der Waals surface area contributed by atoms with Crippen LogP contribution in [0.3, 0.4) is 0 Å². The lowest BCUT2D eigenvalue weighted by Crippen LogP contribution is -2.42. The van der Waals surface area contributed by atoms with E-state index in [0.29, 0.717) is 11.4 Å². The van der Waals surface area contributed by atoms with Gasteiger partial charge in [-0.2, -0.15) is 11.8 Å². The number of benzene rings is 1. The summed E-state index contributed by atoms with van der Waals surface area (Å²) in [4.78, 5) is 23.5. The molecule has 0 saturated carbocycles. The molecule has 0 aliphatic carbocycles. The molecular weight excluding hydrogens is 322 g/mol. The zero-order valence-electron chi connectivity index (χ0n) is 12.2. The minimum absolute atomic E-state index is 0.0545. The van der Waals surface area contributed by atoms with E-state index in [1.165, 1.54) is 0 Å². The molecular formula is C15H20ClN3O2S. The number of hydrogen-bond donors (Lipinski definition) is 3. The molecule has 120 valence electrons. The standard InChI is InChI=1S/C15H20ClN3O2S/c16-11-3-1-2-10(6-11)13(8-14(17)20)19-15(21)7-12-9-22-5-4-18-12/h1-3,6,12-13,18H,4-5,7-9H2,(H2,17,20)(H,19,21)/t12?,13-/m1/s1. The number of rotatable bonds is 6. The number of primary amides is 1. The molecule has 1 aromatic carbocycles. The van der Waals surface area contributed by atoms with E-state index in [1.54, 1.807) is 18.2 Å². The maximum Gasteiger partial charge on any atom is 0.222 e. The fourth-order valence-corrected chi connectivity index (χ4v) is 3.55. The lowest BCUT2D eigenvalue weighted by Gasteiger charge is -2.24. The molecule has 22 heavy (non-hydrogen) atoms. The van der Waals surface area contributed by atoms with Gasteiger partial charge in [-0.3, -0.25) is 9.59 Å². The predicted octanol–water partition coefficient (Wildman–Crippen LogP) is 1.47. The van der Waals surface area contributed by atoms with Crippen molar-refractivity contribution in [3.63, 3.8) is 0 Å². The molecule has 5 nitrogen and oxygen atoms in total. The van der Waals surface area contributed by atoms with Gasteiger partial charge in [-0.25, -0.2) is 0 Å². The van der Waals surface area contributed by atoms with Gasteiger partial charge < -0.3 is 16.4 Å². The highest BCUT2D eigenvalue weighted by molar-refractivity contribution is 7.99. The smallest absolute Gasteiger partial charge is 0.222 e. The van der Waals surface area contributed by atoms with Crippen LogP contribution in [0.5, 0.6) is 0 Å². The van der Waals surface area contributed by atoms with Gasteiger partial charge in [-0.05, 0) is 17.7 Å². The Balaban J connectivity index is 1.99. The average molecular weight is 342 g/mol. The van der Waals surface area contributed by atoms with Crippen molar-refractivity contribution in [1.82, 2.24) is 10.6 Å². The van der Waals surface area contributed by atoms with E-state index in [0.717, 1.165) is 23.6 Å². The Kier molecular flexibility index (Phi) is 6.54. The first kappa shape index (κ1) is 17.1. The molecule has 2 atom stereocenters. The number of carbonyl (C=O) groups excluding carboxylic acids is 2. The maximum absolute atomic E-state index is 12.2. The molecule has 0 aromatic heterocycles. The third kappa shape index (κ3) is 5.51. The Morgan fingerprint density at radius 2 is 2.32 bits per heavy atom. The van der Waals surface area contributed by atoms with Crippen LogP contribution in [0, 0.1) is 0 Å². The average Bonchev–Trinajstić information content (AvgIpc) is 2.47. The molecule has 1 heterocycles. The summed E-state index contributed by atoms with van der Waals surface area (Å²) < 4.78 is 0. The van der Waals surface area contributed by atoms with Crippen LogP contribution in [-0.2, 0) is 9.59 Å². The summed E-state index contributed by atoms with van der Waals surface area (Å²) >= 11 is 7.81. The summed E-state index contributed by atoms with van der Waals surface area (Å²) in [5.74, 6) is 1.44. The summed E-state index contributed by atoms with van der Waals surface area (Å²) in [5, 5.41) is 6.77. The first-order valence-electron chi connectivity index (χ1n) is 7.19. The zero-order chi connectivity index (χ0) is 15.9. The van der Waals surface area contributed by atoms with Crippen LogP contribution in [0.25, 0.3) is 0 Å². The van der Waals surface area contributed by atoms with Crippen LogP contribution < -0.4 is 16.4 Å². The summed E-state index contributed by atoms with van der Waals surface area (Å²) in [7, 11) is 0. The lowest BCUT2D eigenvalue weighted by molar-refractivity contribution is -0.123. The largest absolute Gasteiger partial charge is 0.370 e. The summed E-state index contributed by atoms with van der Waals surface area (Å²) in [6, 6.07) is 6.83. The van der Waals surface area contributed by atoms with Crippen molar-refractivity contribution in [2.45, 2.75) is 24.9 Å². The van der Waals surface area contributed by atoms with Crippen LogP contribution in [0.4, 0.5) is 0 Å². The molecule has 2 amide bonds. The summed E-state index contributed by atoms with van der Waals surface area (Å²) in [6.45, 7) is 0.918. The van der Waals surface area contributed by atoms with E-state index in [9.17, 15) is 9.59 Å². The van der Waals surface area contributed by atoms with Crippen molar-refractivity contribution in [3.8, 4) is 0 Å². The number of amides is 2. The van der Waals surface area contributed by atoms with Crippen LogP contribution in [0.1, 0.15) is 24.4 Å². The van der Waals surface area contributed by atoms with Gasteiger partial charge in [0.05, 0.1) is 12.5 Å². The third-order valence-corrected chi connectivity index (χ3v) is 4.79. The molecule has 2 rings (SSSR count). The van der Waals surface area contributed by atoms with E-state index in [1.807, 2.05) is 17.8 Å². The van der Waals surface area contributed by atoms with E-state index >= 15 is 0 Å². The van der Waals surface area contributed by atoms with Gasteiger partial charge in [0.1, 0.15) is 0 Å². The topological polar surface area (TPSA) is 84.2 Å². The number of nitrogens with one attached hydrogen (secondary N) is 2.